The van der Waals surface area contributed by atoms with Crippen LogP contribution in [0.4, 0.5) is 5.69 Å². The number of amides is 1. The summed E-state index contributed by atoms with van der Waals surface area (Å²) in [5.74, 6) is -0.524. The molecular weight excluding hydrogens is 366 g/mol. The number of hydrogen-bond acceptors (Lipinski definition) is 5. The molecule has 0 atom stereocenters. The molecule has 132 valence electrons. The van der Waals surface area contributed by atoms with Gasteiger partial charge < -0.3 is 4.74 Å². The first-order valence-corrected chi connectivity index (χ1v) is 9.17. The number of anilines is 1. The maximum absolute atomic E-state index is 12.9. The van der Waals surface area contributed by atoms with Gasteiger partial charge in [-0.1, -0.05) is 48.2 Å². The summed E-state index contributed by atoms with van der Waals surface area (Å²) >= 11 is 6.71. The van der Waals surface area contributed by atoms with Crippen LogP contribution in [0.2, 0.25) is 0 Å². The van der Waals surface area contributed by atoms with E-state index in [0.29, 0.717) is 14.8 Å². The Morgan fingerprint density at radius 2 is 1.85 bits per heavy atom. The van der Waals surface area contributed by atoms with Crippen LogP contribution >= 0.6 is 24.0 Å². The number of rotatable bonds is 3. The Morgan fingerprint density at radius 3 is 2.50 bits per heavy atom. The Balaban J connectivity index is 1.90. The second-order valence-electron chi connectivity index (χ2n) is 5.85. The van der Waals surface area contributed by atoms with Crippen LogP contribution in [0.1, 0.15) is 27.0 Å². The summed E-state index contributed by atoms with van der Waals surface area (Å²) < 4.78 is 5.20. The number of nitrogens with zero attached hydrogens (tertiary/aromatic N) is 1. The van der Waals surface area contributed by atoms with Gasteiger partial charge in [-0.05, 0) is 54.8 Å². The summed E-state index contributed by atoms with van der Waals surface area (Å²) in [5.41, 5.74) is 4.25. The largest absolute Gasteiger partial charge is 0.465 e. The summed E-state index contributed by atoms with van der Waals surface area (Å²) in [5, 5.41) is 0. The van der Waals surface area contributed by atoms with Gasteiger partial charge >= 0.3 is 5.97 Å². The molecule has 1 amide bonds. The van der Waals surface area contributed by atoms with Crippen molar-refractivity contribution in [2.24, 2.45) is 0 Å². The van der Waals surface area contributed by atoms with Crippen LogP contribution in [0.5, 0.6) is 0 Å². The number of carbonyl (C=O) groups is 2. The number of hydrogen-bond donors (Lipinski definition) is 0. The van der Waals surface area contributed by atoms with Crippen molar-refractivity contribution in [3.63, 3.8) is 0 Å². The zero-order valence-corrected chi connectivity index (χ0v) is 16.2. The molecule has 0 unspecified atom stereocenters. The molecular formula is C20H17NO3S2. The van der Waals surface area contributed by atoms with Gasteiger partial charge in [0.05, 0.1) is 23.3 Å². The fourth-order valence-corrected chi connectivity index (χ4v) is 3.92. The van der Waals surface area contributed by atoms with Crippen LogP contribution in [0, 0.1) is 13.8 Å². The molecule has 0 bridgehead atoms. The first-order valence-electron chi connectivity index (χ1n) is 7.95. The van der Waals surface area contributed by atoms with Gasteiger partial charge in [0.1, 0.15) is 0 Å². The highest BCUT2D eigenvalue weighted by molar-refractivity contribution is 8.27. The highest BCUT2D eigenvalue weighted by Gasteiger charge is 2.34. The van der Waals surface area contributed by atoms with Gasteiger partial charge in [0.15, 0.2) is 4.32 Å². The summed E-state index contributed by atoms with van der Waals surface area (Å²) in [6.07, 6.45) is 1.78. The first kappa shape index (κ1) is 18.4. The van der Waals surface area contributed by atoms with Crippen LogP contribution < -0.4 is 4.90 Å². The van der Waals surface area contributed by atoms with E-state index in [-0.39, 0.29) is 5.91 Å². The Labute approximate surface area is 161 Å². The minimum Gasteiger partial charge on any atom is -0.465 e. The molecule has 1 heterocycles. The van der Waals surface area contributed by atoms with Gasteiger partial charge in [-0.2, -0.15) is 0 Å². The number of esters is 1. The van der Waals surface area contributed by atoms with E-state index in [2.05, 4.69) is 4.74 Å². The van der Waals surface area contributed by atoms with Crippen LogP contribution in [-0.4, -0.2) is 23.3 Å². The lowest BCUT2D eigenvalue weighted by molar-refractivity contribution is -0.113. The Hall–Kier alpha value is -2.44. The summed E-state index contributed by atoms with van der Waals surface area (Å²) in [6.45, 7) is 3.99. The van der Waals surface area contributed by atoms with Gasteiger partial charge in [-0.15, -0.1) is 0 Å². The number of ether oxygens (including phenoxy) is 1. The molecule has 0 spiro atoms. The smallest absolute Gasteiger partial charge is 0.337 e. The van der Waals surface area contributed by atoms with Crippen molar-refractivity contribution in [1.29, 1.82) is 0 Å². The second kappa shape index (κ2) is 7.43. The molecule has 2 aromatic rings. The lowest BCUT2D eigenvalue weighted by Crippen LogP contribution is -2.28. The van der Waals surface area contributed by atoms with Crippen molar-refractivity contribution >= 4 is 51.9 Å². The molecule has 4 nitrogen and oxygen atoms in total. The van der Waals surface area contributed by atoms with E-state index < -0.39 is 5.97 Å². The third-order valence-corrected chi connectivity index (χ3v) is 5.54. The average molecular weight is 383 g/mol. The topological polar surface area (TPSA) is 46.6 Å². The zero-order valence-electron chi connectivity index (χ0n) is 14.6. The lowest BCUT2D eigenvalue weighted by Gasteiger charge is -2.18. The summed E-state index contributed by atoms with van der Waals surface area (Å²) in [7, 11) is 1.34. The molecule has 6 heteroatoms. The van der Waals surface area contributed by atoms with Crippen molar-refractivity contribution < 1.29 is 14.3 Å². The zero-order chi connectivity index (χ0) is 18.8. The van der Waals surface area contributed by atoms with Gasteiger partial charge in [-0.3, -0.25) is 9.69 Å². The fraction of sp³-hybridized carbons (Fsp3) is 0.150. The molecule has 1 fully saturated rings. The molecule has 0 aliphatic carbocycles. The maximum atomic E-state index is 12.9. The lowest BCUT2D eigenvalue weighted by atomic mass is 10.1. The predicted molar refractivity (Wildman–Crippen MR) is 109 cm³/mol. The number of benzene rings is 2. The molecule has 1 aliphatic rings. The molecule has 0 N–H and O–H groups in total. The van der Waals surface area contributed by atoms with E-state index in [1.54, 1.807) is 35.2 Å². The minimum absolute atomic E-state index is 0.134. The summed E-state index contributed by atoms with van der Waals surface area (Å²) in [4.78, 5) is 26.5. The van der Waals surface area contributed by atoms with Crippen molar-refractivity contribution in [2.75, 3.05) is 12.0 Å². The van der Waals surface area contributed by atoms with E-state index in [1.807, 2.05) is 32.0 Å². The minimum atomic E-state index is -0.391. The molecule has 2 aromatic carbocycles. The monoisotopic (exact) mass is 383 g/mol. The van der Waals surface area contributed by atoms with E-state index in [0.717, 1.165) is 22.4 Å². The maximum Gasteiger partial charge on any atom is 0.337 e. The molecule has 1 aliphatic heterocycles. The standard InChI is InChI=1S/C20H17NO3S2/c1-12-5-4-6-16(13(12)2)21-18(22)17(26-20(21)25)11-14-7-9-15(10-8-14)19(23)24-3/h4-11H,1-3H3. The Kier molecular flexibility index (Phi) is 5.25. The van der Waals surface area contributed by atoms with Crippen molar-refractivity contribution in [2.45, 2.75) is 13.8 Å². The molecule has 1 saturated heterocycles. The number of thioether (sulfide) groups is 1. The van der Waals surface area contributed by atoms with Crippen molar-refractivity contribution in [1.82, 2.24) is 0 Å². The third-order valence-electron chi connectivity index (χ3n) is 4.24. The van der Waals surface area contributed by atoms with Crippen LogP contribution in [0.15, 0.2) is 47.4 Å². The quantitative estimate of drug-likeness (QED) is 0.444. The number of carbonyl (C=O) groups excluding carboxylic acids is 2. The van der Waals surface area contributed by atoms with E-state index in [4.69, 9.17) is 12.2 Å². The van der Waals surface area contributed by atoms with Crippen LogP contribution in [0.25, 0.3) is 6.08 Å². The highest BCUT2D eigenvalue weighted by atomic mass is 32.2. The molecule has 26 heavy (non-hydrogen) atoms. The molecule has 0 aromatic heterocycles. The first-order chi connectivity index (χ1) is 12.4. The number of methoxy groups -OCH3 is 1. The summed E-state index contributed by atoms with van der Waals surface area (Å²) in [6, 6.07) is 12.7. The molecule has 0 saturated carbocycles. The van der Waals surface area contributed by atoms with E-state index in [1.165, 1.54) is 18.9 Å². The van der Waals surface area contributed by atoms with Crippen molar-refractivity contribution in [3.05, 3.63) is 69.6 Å². The normalized spacial score (nSPS) is 15.7. The Morgan fingerprint density at radius 1 is 1.15 bits per heavy atom. The van der Waals surface area contributed by atoms with Crippen LogP contribution in [0.3, 0.4) is 0 Å². The third kappa shape index (κ3) is 3.43. The van der Waals surface area contributed by atoms with Gasteiger partial charge in [-0.25, -0.2) is 4.79 Å². The van der Waals surface area contributed by atoms with E-state index >= 15 is 0 Å². The van der Waals surface area contributed by atoms with Crippen LogP contribution in [-0.2, 0) is 9.53 Å². The van der Waals surface area contributed by atoms with Gasteiger partial charge in [0.25, 0.3) is 5.91 Å². The fourth-order valence-electron chi connectivity index (χ4n) is 2.64. The number of thiocarbonyl (C=S) groups is 1. The average Bonchev–Trinajstić information content (AvgIpc) is 2.91. The van der Waals surface area contributed by atoms with Gasteiger partial charge in [0.2, 0.25) is 0 Å². The number of aryl methyl sites for hydroxylation is 1. The molecule has 0 radical (unpaired) electrons. The highest BCUT2D eigenvalue weighted by Crippen LogP contribution is 2.37. The molecule has 3 rings (SSSR count). The van der Waals surface area contributed by atoms with E-state index in [9.17, 15) is 9.59 Å². The van der Waals surface area contributed by atoms with Gasteiger partial charge in [0, 0.05) is 0 Å². The second-order valence-corrected chi connectivity index (χ2v) is 7.53. The van der Waals surface area contributed by atoms with Crippen molar-refractivity contribution in [3.8, 4) is 0 Å². The Bertz CT molecular complexity index is 933. The SMILES string of the molecule is COC(=O)c1ccc(C=C2SC(=S)N(c3cccc(C)c3C)C2=O)cc1. The predicted octanol–water partition coefficient (Wildman–Crippen LogP) is 4.50.